The highest BCUT2D eigenvalue weighted by atomic mass is 32.2. The SMILES string of the molecule is CC(=O)O[C@@H]1C[C@H](Oc2ccc(C)cc2)[C@@H](COc2ccc(C)cc2)S1. The van der Waals surface area contributed by atoms with Gasteiger partial charge in [0.15, 0.2) is 5.44 Å². The van der Waals surface area contributed by atoms with Crippen LogP contribution in [-0.4, -0.2) is 29.4 Å². The third-order valence-electron chi connectivity index (χ3n) is 4.21. The van der Waals surface area contributed by atoms with Crippen molar-refractivity contribution < 1.29 is 19.0 Å². The minimum Gasteiger partial charge on any atom is -0.492 e. The van der Waals surface area contributed by atoms with Crippen LogP contribution in [0.3, 0.4) is 0 Å². The summed E-state index contributed by atoms with van der Waals surface area (Å²) in [4.78, 5) is 11.3. The van der Waals surface area contributed by atoms with Crippen LogP contribution in [0.15, 0.2) is 48.5 Å². The second-order valence-electron chi connectivity index (χ2n) is 6.54. The van der Waals surface area contributed by atoms with E-state index < -0.39 is 0 Å². The number of hydrogen-bond donors (Lipinski definition) is 0. The van der Waals surface area contributed by atoms with Crippen molar-refractivity contribution in [3.63, 3.8) is 0 Å². The Morgan fingerprint density at radius 3 is 2.15 bits per heavy atom. The molecule has 2 aromatic rings. The van der Waals surface area contributed by atoms with Crippen molar-refractivity contribution >= 4 is 17.7 Å². The zero-order chi connectivity index (χ0) is 18.5. The topological polar surface area (TPSA) is 44.8 Å². The predicted octanol–water partition coefficient (Wildman–Crippen LogP) is 4.52. The molecule has 138 valence electrons. The lowest BCUT2D eigenvalue weighted by Gasteiger charge is -2.20. The van der Waals surface area contributed by atoms with E-state index in [-0.39, 0.29) is 22.8 Å². The van der Waals surface area contributed by atoms with E-state index in [1.807, 2.05) is 62.4 Å². The molecule has 0 radical (unpaired) electrons. The van der Waals surface area contributed by atoms with Gasteiger partial charge in [-0.3, -0.25) is 4.79 Å². The van der Waals surface area contributed by atoms with Gasteiger partial charge in [0.25, 0.3) is 0 Å². The van der Waals surface area contributed by atoms with Gasteiger partial charge in [0.05, 0.1) is 5.25 Å². The Bertz CT molecular complexity index is 727. The molecular formula is C21H24O4S. The summed E-state index contributed by atoms with van der Waals surface area (Å²) in [7, 11) is 0. The molecule has 1 saturated heterocycles. The first-order valence-corrected chi connectivity index (χ1v) is 9.69. The standard InChI is InChI=1S/C21H24O4S/c1-14-4-8-17(9-5-14)23-13-20-19(12-21(26-20)24-16(3)22)25-18-10-6-15(2)7-11-18/h4-11,19-21H,12-13H2,1-3H3/t19-,20+,21-/m0/s1. The molecule has 0 unspecified atom stereocenters. The van der Waals surface area contributed by atoms with E-state index in [1.54, 1.807) is 11.8 Å². The number of aryl methyl sites for hydroxylation is 2. The Hall–Kier alpha value is -2.14. The predicted molar refractivity (Wildman–Crippen MR) is 104 cm³/mol. The molecule has 3 atom stereocenters. The molecule has 0 amide bonds. The lowest BCUT2D eigenvalue weighted by Crippen LogP contribution is -2.30. The highest BCUT2D eigenvalue weighted by Crippen LogP contribution is 2.37. The monoisotopic (exact) mass is 372 g/mol. The van der Waals surface area contributed by atoms with Gasteiger partial charge in [0.2, 0.25) is 0 Å². The molecule has 5 heteroatoms. The summed E-state index contributed by atoms with van der Waals surface area (Å²) in [5.74, 6) is 1.39. The van der Waals surface area contributed by atoms with E-state index in [0.717, 1.165) is 11.5 Å². The zero-order valence-corrected chi connectivity index (χ0v) is 16.1. The molecule has 1 aliphatic heterocycles. The maximum Gasteiger partial charge on any atom is 0.303 e. The summed E-state index contributed by atoms with van der Waals surface area (Å²) >= 11 is 1.60. The third kappa shape index (κ3) is 5.18. The molecule has 1 aliphatic rings. The number of hydrogen-bond acceptors (Lipinski definition) is 5. The average molecular weight is 372 g/mol. The van der Waals surface area contributed by atoms with E-state index in [2.05, 4.69) is 0 Å². The largest absolute Gasteiger partial charge is 0.492 e. The zero-order valence-electron chi connectivity index (χ0n) is 15.3. The quantitative estimate of drug-likeness (QED) is 0.698. The number of thioether (sulfide) groups is 1. The fraction of sp³-hybridized carbons (Fsp3) is 0.381. The second kappa shape index (κ2) is 8.49. The first-order valence-electron chi connectivity index (χ1n) is 8.75. The molecule has 0 saturated carbocycles. The fourth-order valence-corrected chi connectivity index (χ4v) is 4.19. The Kier molecular flexibility index (Phi) is 6.09. The van der Waals surface area contributed by atoms with Crippen molar-refractivity contribution in [2.45, 2.75) is 44.0 Å². The molecule has 4 nitrogen and oxygen atoms in total. The van der Waals surface area contributed by atoms with E-state index in [0.29, 0.717) is 13.0 Å². The van der Waals surface area contributed by atoms with Crippen molar-refractivity contribution in [3.8, 4) is 11.5 Å². The smallest absolute Gasteiger partial charge is 0.303 e. The molecule has 0 aliphatic carbocycles. The average Bonchev–Trinajstić information content (AvgIpc) is 2.97. The number of esters is 1. The van der Waals surface area contributed by atoms with Crippen LogP contribution in [-0.2, 0) is 9.53 Å². The number of carbonyl (C=O) groups excluding carboxylic acids is 1. The van der Waals surface area contributed by atoms with Crippen LogP contribution < -0.4 is 9.47 Å². The maximum atomic E-state index is 11.3. The van der Waals surface area contributed by atoms with Gasteiger partial charge < -0.3 is 14.2 Å². The van der Waals surface area contributed by atoms with Crippen LogP contribution >= 0.6 is 11.8 Å². The van der Waals surface area contributed by atoms with Gasteiger partial charge in [-0.15, -0.1) is 11.8 Å². The van der Waals surface area contributed by atoms with Crippen LogP contribution in [0.5, 0.6) is 11.5 Å². The highest BCUT2D eigenvalue weighted by molar-refractivity contribution is 8.00. The van der Waals surface area contributed by atoms with Gasteiger partial charge in [0.1, 0.15) is 24.2 Å². The van der Waals surface area contributed by atoms with E-state index in [9.17, 15) is 4.79 Å². The molecule has 1 fully saturated rings. The normalized spacial score (nSPS) is 22.0. The van der Waals surface area contributed by atoms with Gasteiger partial charge in [-0.2, -0.15) is 0 Å². The molecule has 0 aromatic heterocycles. The van der Waals surface area contributed by atoms with Gasteiger partial charge in [0, 0.05) is 13.3 Å². The van der Waals surface area contributed by atoms with E-state index in [1.165, 1.54) is 18.1 Å². The summed E-state index contributed by atoms with van der Waals surface area (Å²) in [6.07, 6.45) is 0.581. The van der Waals surface area contributed by atoms with Crippen LogP contribution in [0.25, 0.3) is 0 Å². The maximum absolute atomic E-state index is 11.3. The first kappa shape index (κ1) is 18.6. The summed E-state index contributed by atoms with van der Waals surface area (Å²) in [5, 5.41) is 0.0851. The molecule has 0 N–H and O–H groups in total. The molecule has 0 spiro atoms. The summed E-state index contributed by atoms with van der Waals surface area (Å²) in [6.45, 7) is 6.03. The Morgan fingerprint density at radius 1 is 1.00 bits per heavy atom. The lowest BCUT2D eigenvalue weighted by molar-refractivity contribution is -0.142. The number of rotatable bonds is 6. The number of carbonyl (C=O) groups is 1. The van der Waals surface area contributed by atoms with Crippen LogP contribution in [0.1, 0.15) is 24.5 Å². The van der Waals surface area contributed by atoms with Gasteiger partial charge in [-0.25, -0.2) is 0 Å². The van der Waals surface area contributed by atoms with Gasteiger partial charge in [-0.05, 0) is 38.1 Å². The fourth-order valence-electron chi connectivity index (χ4n) is 2.82. The molecule has 2 aromatic carbocycles. The minimum absolute atomic E-state index is 0.0718. The molecular weight excluding hydrogens is 348 g/mol. The Balaban J connectivity index is 1.65. The summed E-state index contributed by atoms with van der Waals surface area (Å²) in [5.41, 5.74) is 2.19. The van der Waals surface area contributed by atoms with Crippen molar-refractivity contribution in [3.05, 3.63) is 59.7 Å². The van der Waals surface area contributed by atoms with E-state index in [4.69, 9.17) is 14.2 Å². The van der Waals surface area contributed by atoms with Crippen molar-refractivity contribution in [2.75, 3.05) is 6.61 Å². The summed E-state index contributed by atoms with van der Waals surface area (Å²) < 4.78 is 17.5. The van der Waals surface area contributed by atoms with Crippen molar-refractivity contribution in [1.82, 2.24) is 0 Å². The van der Waals surface area contributed by atoms with Gasteiger partial charge in [-0.1, -0.05) is 35.4 Å². The minimum atomic E-state index is -0.267. The Labute approximate surface area is 158 Å². The molecule has 0 bridgehead atoms. The lowest BCUT2D eigenvalue weighted by atomic mass is 10.2. The molecule has 3 rings (SSSR count). The second-order valence-corrected chi connectivity index (χ2v) is 7.95. The van der Waals surface area contributed by atoms with Crippen LogP contribution in [0, 0.1) is 13.8 Å². The third-order valence-corrected chi connectivity index (χ3v) is 5.59. The number of ether oxygens (including phenoxy) is 3. The molecule has 26 heavy (non-hydrogen) atoms. The first-order chi connectivity index (χ1) is 12.5. The summed E-state index contributed by atoms with van der Waals surface area (Å²) in [6, 6.07) is 16.0. The number of benzene rings is 2. The van der Waals surface area contributed by atoms with Crippen molar-refractivity contribution in [2.24, 2.45) is 0 Å². The van der Waals surface area contributed by atoms with E-state index >= 15 is 0 Å². The Morgan fingerprint density at radius 2 is 1.58 bits per heavy atom. The molecule has 1 heterocycles. The van der Waals surface area contributed by atoms with Crippen LogP contribution in [0.4, 0.5) is 0 Å². The van der Waals surface area contributed by atoms with Crippen LogP contribution in [0.2, 0.25) is 0 Å². The van der Waals surface area contributed by atoms with Crippen molar-refractivity contribution in [1.29, 1.82) is 0 Å². The highest BCUT2D eigenvalue weighted by Gasteiger charge is 2.39. The van der Waals surface area contributed by atoms with Gasteiger partial charge >= 0.3 is 5.97 Å².